The molecule has 0 rings (SSSR count). The summed E-state index contributed by atoms with van der Waals surface area (Å²) in [5, 5.41) is 8.52. The second-order valence-corrected chi connectivity index (χ2v) is 2.70. The Morgan fingerprint density at radius 1 is 1.33 bits per heavy atom. The highest BCUT2D eigenvalue weighted by atomic mass is 16.3. The summed E-state index contributed by atoms with van der Waals surface area (Å²) in [4.78, 5) is 0. The van der Waals surface area contributed by atoms with Crippen molar-refractivity contribution in [2.75, 3.05) is 33.8 Å². The molecule has 9 heavy (non-hydrogen) atoms. The van der Waals surface area contributed by atoms with Crippen molar-refractivity contribution in [2.24, 2.45) is 0 Å². The highest BCUT2D eigenvalue weighted by molar-refractivity contribution is 4.24. The monoisotopic (exact) mass is 136 g/mol. The van der Waals surface area contributed by atoms with E-state index in [1.165, 1.54) is 0 Å². The van der Waals surface area contributed by atoms with Gasteiger partial charge in [-0.1, -0.05) is 0 Å². The Balaban J connectivity index is 0. The van der Waals surface area contributed by atoms with Crippen molar-refractivity contribution in [3.8, 4) is 0 Å². The third kappa shape index (κ3) is 5.76. The molecule has 0 aliphatic carbocycles. The molecular weight excluding hydrogens is 118 g/mol. The number of aliphatic hydroxyl groups excluding tert-OH is 1. The number of quaternary nitrogens is 1. The van der Waals surface area contributed by atoms with Crippen LogP contribution < -0.4 is 0 Å². The maximum Gasteiger partial charge on any atom is 0.102 e. The van der Waals surface area contributed by atoms with Crippen molar-refractivity contribution in [3.05, 3.63) is 0 Å². The normalized spacial score (nSPS) is 10.7. The zero-order valence-electron chi connectivity index (χ0n) is 6.52. The fourth-order valence-electron chi connectivity index (χ4n) is 0.429. The molecule has 0 aromatic heterocycles. The summed E-state index contributed by atoms with van der Waals surface area (Å²) in [7, 11) is 4.21. The molecule has 0 amide bonds. The van der Waals surface area contributed by atoms with Crippen molar-refractivity contribution < 1.29 is 15.1 Å². The zero-order valence-corrected chi connectivity index (χ0v) is 6.52. The topological polar surface area (TPSA) is 51.7 Å². The molecular formula is C6H18NO2+. The molecule has 0 fully saturated rings. The van der Waals surface area contributed by atoms with E-state index in [1.54, 1.807) is 0 Å². The summed E-state index contributed by atoms with van der Waals surface area (Å²) in [5.41, 5.74) is 0. The lowest BCUT2D eigenvalue weighted by Gasteiger charge is -2.26. The van der Waals surface area contributed by atoms with Crippen LogP contribution in [0.5, 0.6) is 0 Å². The molecule has 0 aromatic rings. The van der Waals surface area contributed by atoms with Crippen molar-refractivity contribution >= 4 is 0 Å². The first kappa shape index (κ1) is 11.6. The van der Waals surface area contributed by atoms with E-state index in [-0.39, 0.29) is 5.48 Å². The van der Waals surface area contributed by atoms with Crippen molar-refractivity contribution in [1.29, 1.82) is 0 Å². The first-order valence-electron chi connectivity index (χ1n) is 3.05. The molecule has 0 atom stereocenters. The van der Waals surface area contributed by atoms with Gasteiger partial charge in [0, 0.05) is 0 Å². The molecule has 0 heterocycles. The molecule has 0 radical (unpaired) electrons. The average molecular weight is 136 g/mol. The molecule has 0 saturated carbocycles. The van der Waals surface area contributed by atoms with E-state index in [9.17, 15) is 0 Å². The predicted molar refractivity (Wildman–Crippen MR) is 38.2 cm³/mol. The van der Waals surface area contributed by atoms with Crippen LogP contribution in [0, 0.1) is 0 Å². The van der Waals surface area contributed by atoms with Gasteiger partial charge in [0.15, 0.2) is 0 Å². The Labute approximate surface area is 56.8 Å². The second kappa shape index (κ2) is 4.73. The van der Waals surface area contributed by atoms with Crippen molar-refractivity contribution in [2.45, 2.75) is 6.92 Å². The minimum absolute atomic E-state index is 0. The molecule has 0 spiro atoms. The fraction of sp³-hybridized carbons (Fsp3) is 1.00. The largest absolute Gasteiger partial charge is 0.412 e. The molecule has 0 aliphatic heterocycles. The van der Waals surface area contributed by atoms with Gasteiger partial charge in [-0.15, -0.1) is 0 Å². The summed E-state index contributed by atoms with van der Waals surface area (Å²) in [6, 6.07) is 0. The lowest BCUT2D eigenvalue weighted by Crippen LogP contribution is -2.41. The second-order valence-electron chi connectivity index (χ2n) is 2.70. The molecule has 3 nitrogen and oxygen atoms in total. The average Bonchev–Trinajstić information content (AvgIpc) is 1.67. The maximum atomic E-state index is 8.52. The Morgan fingerprint density at radius 3 is 1.89 bits per heavy atom. The van der Waals surface area contributed by atoms with Crippen LogP contribution in [0.1, 0.15) is 6.92 Å². The van der Waals surface area contributed by atoms with Crippen LogP contribution in [0.4, 0.5) is 0 Å². The third-order valence-corrected chi connectivity index (χ3v) is 1.56. The minimum Gasteiger partial charge on any atom is -0.412 e. The predicted octanol–water partition coefficient (Wildman–Crippen LogP) is -0.750. The Bertz CT molecular complexity index is 64.1. The number of hydrogen-bond donors (Lipinski definition) is 1. The number of hydrogen-bond acceptors (Lipinski definition) is 1. The summed E-state index contributed by atoms with van der Waals surface area (Å²) in [5.74, 6) is 0. The van der Waals surface area contributed by atoms with Crippen LogP contribution >= 0.6 is 0 Å². The number of rotatable bonds is 3. The van der Waals surface area contributed by atoms with Gasteiger partial charge in [-0.3, -0.25) is 0 Å². The molecule has 0 bridgehead atoms. The molecule has 0 unspecified atom stereocenters. The molecule has 0 aliphatic rings. The van der Waals surface area contributed by atoms with Gasteiger partial charge in [-0.25, -0.2) is 0 Å². The van der Waals surface area contributed by atoms with Gasteiger partial charge >= 0.3 is 0 Å². The van der Waals surface area contributed by atoms with E-state index in [1.807, 2.05) is 0 Å². The van der Waals surface area contributed by atoms with Crippen molar-refractivity contribution in [3.63, 3.8) is 0 Å². The SMILES string of the molecule is CC[N+](C)(C)CCO.O. The van der Waals surface area contributed by atoms with Gasteiger partial charge in [0.2, 0.25) is 0 Å². The van der Waals surface area contributed by atoms with Crippen LogP contribution in [-0.2, 0) is 0 Å². The van der Waals surface area contributed by atoms with Gasteiger partial charge in [-0.05, 0) is 6.92 Å². The van der Waals surface area contributed by atoms with E-state index < -0.39 is 0 Å². The summed E-state index contributed by atoms with van der Waals surface area (Å²) in [6.07, 6.45) is 0. The van der Waals surface area contributed by atoms with E-state index in [2.05, 4.69) is 21.0 Å². The fourth-order valence-corrected chi connectivity index (χ4v) is 0.429. The quantitative estimate of drug-likeness (QED) is 0.510. The zero-order chi connectivity index (χ0) is 6.62. The van der Waals surface area contributed by atoms with E-state index >= 15 is 0 Å². The Kier molecular flexibility index (Phi) is 6.12. The number of aliphatic hydroxyl groups is 1. The maximum absolute atomic E-state index is 8.52. The molecule has 0 saturated heterocycles. The van der Waals surface area contributed by atoms with Crippen LogP contribution in [0.15, 0.2) is 0 Å². The number of likely N-dealkylation sites (N-methyl/N-ethyl adjacent to an activating group) is 1. The van der Waals surface area contributed by atoms with E-state index in [0.717, 1.165) is 17.6 Å². The molecule has 3 N–H and O–H groups in total. The Hall–Kier alpha value is -0.120. The van der Waals surface area contributed by atoms with Gasteiger partial charge in [0.1, 0.15) is 6.54 Å². The van der Waals surface area contributed by atoms with Gasteiger partial charge in [-0.2, -0.15) is 0 Å². The summed E-state index contributed by atoms with van der Waals surface area (Å²) >= 11 is 0. The van der Waals surface area contributed by atoms with E-state index in [4.69, 9.17) is 5.11 Å². The summed E-state index contributed by atoms with van der Waals surface area (Å²) in [6.45, 7) is 4.35. The highest BCUT2D eigenvalue weighted by Gasteiger charge is 2.08. The van der Waals surface area contributed by atoms with Crippen LogP contribution in [0.2, 0.25) is 0 Å². The van der Waals surface area contributed by atoms with Gasteiger partial charge in [0.25, 0.3) is 0 Å². The standard InChI is InChI=1S/C6H16NO.H2O/c1-4-7(2,3)5-6-8;/h8H,4-6H2,1-3H3;1H2/q+1;. The lowest BCUT2D eigenvalue weighted by molar-refractivity contribution is -0.888. The van der Waals surface area contributed by atoms with Gasteiger partial charge in [0.05, 0.1) is 27.2 Å². The Morgan fingerprint density at radius 2 is 1.78 bits per heavy atom. The van der Waals surface area contributed by atoms with Crippen molar-refractivity contribution in [1.82, 2.24) is 0 Å². The molecule has 0 aromatic carbocycles. The van der Waals surface area contributed by atoms with Gasteiger partial charge < -0.3 is 15.1 Å². The first-order chi connectivity index (χ1) is 3.62. The molecule has 3 heteroatoms. The van der Waals surface area contributed by atoms with E-state index in [0.29, 0.717) is 6.61 Å². The highest BCUT2D eigenvalue weighted by Crippen LogP contribution is 1.92. The third-order valence-electron chi connectivity index (χ3n) is 1.56. The molecule has 58 valence electrons. The lowest BCUT2D eigenvalue weighted by atomic mass is 10.5. The van der Waals surface area contributed by atoms with Crippen LogP contribution in [0.3, 0.4) is 0 Å². The minimum atomic E-state index is 0. The summed E-state index contributed by atoms with van der Waals surface area (Å²) < 4.78 is 0.913. The van der Waals surface area contributed by atoms with Crippen LogP contribution in [-0.4, -0.2) is 48.9 Å². The number of nitrogens with zero attached hydrogens (tertiary/aromatic N) is 1. The first-order valence-corrected chi connectivity index (χ1v) is 3.05. The van der Waals surface area contributed by atoms with Crippen LogP contribution in [0.25, 0.3) is 0 Å². The smallest absolute Gasteiger partial charge is 0.102 e.